The van der Waals surface area contributed by atoms with Crippen LogP contribution in [0.4, 0.5) is 5.82 Å². The molecule has 0 saturated heterocycles. The predicted molar refractivity (Wildman–Crippen MR) is 28.6 cm³/mol. The molecule has 1 heterocycles. The summed E-state index contributed by atoms with van der Waals surface area (Å²) < 4.78 is 0.631. The number of aromatic nitrogens is 2. The Morgan fingerprint density at radius 2 is 2.50 bits per heavy atom. The average Bonchev–Trinajstić information content (AvgIpc) is 1.64. The number of anilines is 1. The number of hydrogen-bond donors (Lipinski definition) is 2. The fraction of sp³-hybridized carbons (Fsp3) is 0. The number of hydrogen-bond acceptors (Lipinski definition) is 2. The van der Waals surface area contributed by atoms with E-state index < -0.39 is 0 Å². The van der Waals surface area contributed by atoms with Crippen molar-refractivity contribution in [1.29, 1.82) is 0 Å². The molecule has 0 atom stereocenters. The third kappa shape index (κ3) is 0.841. The van der Waals surface area contributed by atoms with Crippen molar-refractivity contribution in [3.63, 3.8) is 0 Å². The lowest BCUT2D eigenvalue weighted by atomic mass is 10.7. The van der Waals surface area contributed by atoms with Crippen molar-refractivity contribution in [2.24, 2.45) is 0 Å². The number of nitrogens with zero attached hydrogens (tertiary/aromatic N) is 1. The molecule has 0 radical (unpaired) electrons. The zero-order chi connectivity index (χ0) is 5.98. The van der Waals surface area contributed by atoms with Crippen molar-refractivity contribution in [2.75, 3.05) is 5.73 Å². The Labute approximate surface area is 45.6 Å². The number of aromatic amines is 1. The maximum absolute atomic E-state index is 10.3. The predicted octanol–water partition coefficient (Wildman–Crippen LogP) is -0.489. The summed E-state index contributed by atoms with van der Waals surface area (Å²) in [5.74, 6) is 0.363. The van der Waals surface area contributed by atoms with Gasteiger partial charge >= 0.3 is 0 Å². The van der Waals surface area contributed by atoms with E-state index >= 15 is 0 Å². The highest BCUT2D eigenvalue weighted by Crippen LogP contribution is 1.81. The van der Waals surface area contributed by atoms with Gasteiger partial charge in [0.05, 0.1) is 10.6 Å². The Morgan fingerprint density at radius 3 is 2.88 bits per heavy atom. The first kappa shape index (κ1) is 4.83. The fourth-order valence-corrected chi connectivity index (χ4v) is 0.424. The van der Waals surface area contributed by atoms with E-state index in [1.165, 1.54) is 18.6 Å². The summed E-state index contributed by atoms with van der Waals surface area (Å²) in [6, 6.07) is 0. The highest BCUT2D eigenvalue weighted by atomic mass is 16.3. The van der Waals surface area contributed by atoms with Crippen molar-refractivity contribution in [1.82, 2.24) is 4.98 Å². The van der Waals surface area contributed by atoms with Crippen LogP contribution in [-0.2, 0) is 0 Å². The highest BCUT2D eigenvalue weighted by Gasteiger charge is 1.89. The van der Waals surface area contributed by atoms with Gasteiger partial charge in [0.2, 0.25) is 6.20 Å². The van der Waals surface area contributed by atoms with Crippen molar-refractivity contribution in [3.05, 3.63) is 23.5 Å². The minimum atomic E-state index is 0.363. The van der Waals surface area contributed by atoms with Gasteiger partial charge in [-0.05, 0) is 0 Å². The SMILES string of the molecule is Nc1c[n+](=O)cc[nH]1. The van der Waals surface area contributed by atoms with E-state index in [0.29, 0.717) is 10.2 Å². The normalized spacial score (nSPS) is 9.00. The van der Waals surface area contributed by atoms with Crippen LogP contribution in [0.1, 0.15) is 0 Å². The molecule has 42 valence electrons. The first-order chi connectivity index (χ1) is 3.79. The molecule has 0 saturated carbocycles. The highest BCUT2D eigenvalue weighted by molar-refractivity contribution is 5.17. The van der Waals surface area contributed by atoms with Gasteiger partial charge in [0, 0.05) is 4.91 Å². The summed E-state index contributed by atoms with van der Waals surface area (Å²) in [4.78, 5) is 12.9. The minimum absolute atomic E-state index is 0.363. The van der Waals surface area contributed by atoms with Gasteiger partial charge < -0.3 is 10.7 Å². The lowest BCUT2D eigenvalue weighted by molar-refractivity contribution is -0.494. The Kier molecular flexibility index (Phi) is 0.997. The molecule has 0 aliphatic rings. The third-order valence-electron chi connectivity index (χ3n) is 0.738. The largest absolute Gasteiger partial charge is 0.380 e. The van der Waals surface area contributed by atoms with Gasteiger partial charge in [-0.15, -0.1) is 0 Å². The van der Waals surface area contributed by atoms with Crippen LogP contribution in [0, 0.1) is 4.91 Å². The van der Waals surface area contributed by atoms with Gasteiger partial charge in [-0.2, -0.15) is 0 Å². The minimum Gasteiger partial charge on any atom is -0.380 e. The molecule has 8 heavy (non-hydrogen) atoms. The Morgan fingerprint density at radius 1 is 1.75 bits per heavy atom. The zero-order valence-electron chi connectivity index (χ0n) is 4.16. The molecular formula is C4H6N3O+. The Bertz CT molecular complexity index is 229. The molecule has 0 aliphatic heterocycles. The number of H-pyrrole nitrogens is 1. The van der Waals surface area contributed by atoms with Crippen molar-refractivity contribution >= 4 is 5.82 Å². The van der Waals surface area contributed by atoms with Crippen LogP contribution in [-0.4, -0.2) is 4.98 Å². The molecule has 0 fully saturated rings. The summed E-state index contributed by atoms with van der Waals surface area (Å²) in [6.45, 7) is 0. The third-order valence-corrected chi connectivity index (χ3v) is 0.738. The zero-order valence-corrected chi connectivity index (χ0v) is 4.16. The molecule has 3 N–H and O–H groups in total. The molecule has 0 unspecified atom stereocenters. The lowest BCUT2D eigenvalue weighted by Crippen LogP contribution is -2.12. The van der Waals surface area contributed by atoms with E-state index in [2.05, 4.69) is 4.98 Å². The van der Waals surface area contributed by atoms with E-state index in [-0.39, 0.29) is 0 Å². The smallest absolute Gasteiger partial charge is 0.267 e. The molecule has 0 aliphatic carbocycles. The summed E-state index contributed by atoms with van der Waals surface area (Å²) in [5, 5.41) is 0. The molecule has 4 heteroatoms. The molecule has 0 bridgehead atoms. The summed E-state index contributed by atoms with van der Waals surface area (Å²) in [6.07, 6.45) is 4.05. The van der Waals surface area contributed by atoms with Gasteiger partial charge in [-0.3, -0.25) is 0 Å². The fourth-order valence-electron chi connectivity index (χ4n) is 0.424. The van der Waals surface area contributed by atoms with Crippen LogP contribution < -0.4 is 10.2 Å². The quantitative estimate of drug-likeness (QED) is 0.445. The lowest BCUT2D eigenvalue weighted by Gasteiger charge is -1.79. The standard InChI is InChI=1S/C4H6N3O/c5-4-3-7(8)2-1-6-4/h1-3H,(H3,5,6,8)/q+1. The second-order valence-electron chi connectivity index (χ2n) is 1.40. The molecule has 0 spiro atoms. The average molecular weight is 112 g/mol. The van der Waals surface area contributed by atoms with Gasteiger partial charge in [-0.1, -0.05) is 0 Å². The second-order valence-corrected chi connectivity index (χ2v) is 1.40. The van der Waals surface area contributed by atoms with Crippen molar-refractivity contribution < 1.29 is 4.43 Å². The van der Waals surface area contributed by atoms with Gasteiger partial charge in [0.15, 0.2) is 5.82 Å². The summed E-state index contributed by atoms with van der Waals surface area (Å²) in [7, 11) is 0. The van der Waals surface area contributed by atoms with Crippen LogP contribution in [0.5, 0.6) is 0 Å². The number of nitrogen functional groups attached to an aromatic ring is 1. The van der Waals surface area contributed by atoms with Crippen LogP contribution in [0.15, 0.2) is 18.6 Å². The van der Waals surface area contributed by atoms with Crippen LogP contribution in [0.25, 0.3) is 0 Å². The van der Waals surface area contributed by atoms with E-state index in [4.69, 9.17) is 5.73 Å². The van der Waals surface area contributed by atoms with Crippen molar-refractivity contribution in [2.45, 2.75) is 0 Å². The molecule has 1 rings (SSSR count). The maximum Gasteiger partial charge on any atom is 0.267 e. The van der Waals surface area contributed by atoms with E-state index in [1.807, 2.05) is 0 Å². The Balaban J connectivity index is 3.28. The molecule has 1 aromatic heterocycles. The maximum atomic E-state index is 10.3. The van der Waals surface area contributed by atoms with Crippen LogP contribution in [0.2, 0.25) is 0 Å². The number of nitrogens with one attached hydrogen (secondary N) is 1. The molecule has 0 amide bonds. The van der Waals surface area contributed by atoms with E-state index in [9.17, 15) is 4.91 Å². The second kappa shape index (κ2) is 1.65. The Hall–Kier alpha value is -1.32. The van der Waals surface area contributed by atoms with Crippen molar-refractivity contribution in [3.8, 4) is 0 Å². The van der Waals surface area contributed by atoms with E-state index in [0.717, 1.165) is 0 Å². The number of nitrogens with two attached hydrogens (primary N) is 1. The van der Waals surface area contributed by atoms with Gasteiger partial charge in [-0.25, -0.2) is 0 Å². The van der Waals surface area contributed by atoms with Crippen LogP contribution >= 0.6 is 0 Å². The molecule has 1 aromatic rings. The summed E-state index contributed by atoms with van der Waals surface area (Å²) in [5.41, 5.74) is 5.18. The molecular weight excluding hydrogens is 106 g/mol. The number of rotatable bonds is 0. The van der Waals surface area contributed by atoms with Crippen LogP contribution in [0.3, 0.4) is 0 Å². The molecule has 4 nitrogen and oxygen atoms in total. The summed E-state index contributed by atoms with van der Waals surface area (Å²) >= 11 is 0. The first-order valence-electron chi connectivity index (χ1n) is 2.15. The monoisotopic (exact) mass is 112 g/mol. The first-order valence-corrected chi connectivity index (χ1v) is 2.15. The topological polar surface area (TPSA) is 64.8 Å². The van der Waals surface area contributed by atoms with E-state index in [1.54, 1.807) is 0 Å². The molecule has 0 aromatic carbocycles. The van der Waals surface area contributed by atoms with Gasteiger partial charge in [0.25, 0.3) is 6.20 Å². The van der Waals surface area contributed by atoms with Gasteiger partial charge in [0.1, 0.15) is 0 Å².